The first-order chi connectivity index (χ1) is 6.69. The number of rotatable bonds is 5. The third kappa shape index (κ3) is 2.54. The molecule has 0 unspecified atom stereocenters. The smallest absolute Gasteiger partial charge is 0.185 e. The summed E-state index contributed by atoms with van der Waals surface area (Å²) < 4.78 is 0. The predicted octanol–water partition coefficient (Wildman–Crippen LogP) is 2.50. The van der Waals surface area contributed by atoms with Crippen LogP contribution in [0, 0.1) is 6.92 Å². The van der Waals surface area contributed by atoms with Gasteiger partial charge in [0.15, 0.2) is 11.4 Å². The van der Waals surface area contributed by atoms with Crippen LogP contribution in [0.15, 0.2) is 0 Å². The van der Waals surface area contributed by atoms with Crippen molar-refractivity contribution in [3.63, 3.8) is 0 Å². The van der Waals surface area contributed by atoms with E-state index >= 15 is 0 Å². The maximum absolute atomic E-state index is 10.6. The number of aldehydes is 1. The van der Waals surface area contributed by atoms with Crippen molar-refractivity contribution in [3.8, 4) is 0 Å². The van der Waals surface area contributed by atoms with E-state index in [-0.39, 0.29) is 0 Å². The molecule has 0 aromatic carbocycles. The molecule has 3 nitrogen and oxygen atoms in total. The fourth-order valence-electron chi connectivity index (χ4n) is 1.16. The van der Waals surface area contributed by atoms with Crippen molar-refractivity contribution in [2.24, 2.45) is 0 Å². The lowest BCUT2D eigenvalue weighted by Crippen LogP contribution is -2.17. The molecular weight excluding hydrogens is 196 g/mol. The van der Waals surface area contributed by atoms with Gasteiger partial charge in [-0.25, -0.2) is 4.98 Å². The summed E-state index contributed by atoms with van der Waals surface area (Å²) in [4.78, 5) is 17.8. The van der Waals surface area contributed by atoms with E-state index in [0.717, 1.165) is 35.0 Å². The number of aromatic nitrogens is 1. The van der Waals surface area contributed by atoms with Gasteiger partial charge in [0.25, 0.3) is 0 Å². The second-order valence-corrected chi connectivity index (χ2v) is 4.35. The molecule has 0 atom stereocenters. The molecule has 0 saturated carbocycles. The Bertz CT molecular complexity index is 309. The Balaban J connectivity index is 2.70. The highest BCUT2D eigenvalue weighted by atomic mass is 32.1. The summed E-state index contributed by atoms with van der Waals surface area (Å²) in [6.45, 7) is 5.04. The average Bonchev–Trinajstić information content (AvgIpc) is 2.56. The van der Waals surface area contributed by atoms with Crippen LogP contribution in [0.5, 0.6) is 0 Å². The van der Waals surface area contributed by atoms with E-state index in [1.165, 1.54) is 17.8 Å². The summed E-state index contributed by atoms with van der Waals surface area (Å²) in [7, 11) is 2.02. The SMILES string of the molecule is CCCCN(C)c1nc(C)c(C=O)s1. The van der Waals surface area contributed by atoms with Crippen LogP contribution < -0.4 is 4.90 Å². The molecule has 0 aliphatic rings. The molecular formula is C10H16N2OS. The number of carbonyl (C=O) groups is 1. The van der Waals surface area contributed by atoms with Crippen LogP contribution in [-0.4, -0.2) is 24.9 Å². The lowest BCUT2D eigenvalue weighted by molar-refractivity contribution is 0.112. The monoisotopic (exact) mass is 212 g/mol. The Morgan fingerprint density at radius 2 is 2.29 bits per heavy atom. The quantitative estimate of drug-likeness (QED) is 0.703. The molecule has 1 aromatic rings. The van der Waals surface area contributed by atoms with Crippen molar-refractivity contribution in [1.82, 2.24) is 4.98 Å². The highest BCUT2D eigenvalue weighted by Gasteiger charge is 2.09. The Hall–Kier alpha value is -0.900. The zero-order valence-electron chi connectivity index (χ0n) is 8.91. The van der Waals surface area contributed by atoms with Gasteiger partial charge in [0.1, 0.15) is 0 Å². The van der Waals surface area contributed by atoms with Gasteiger partial charge in [0.2, 0.25) is 0 Å². The van der Waals surface area contributed by atoms with Crippen molar-refractivity contribution >= 4 is 22.8 Å². The van der Waals surface area contributed by atoms with Gasteiger partial charge in [-0.2, -0.15) is 0 Å². The largest absolute Gasteiger partial charge is 0.351 e. The normalized spacial score (nSPS) is 10.2. The molecule has 1 rings (SSSR count). The summed E-state index contributed by atoms with van der Waals surface area (Å²) in [5.41, 5.74) is 0.836. The van der Waals surface area contributed by atoms with Crippen molar-refractivity contribution in [2.45, 2.75) is 26.7 Å². The van der Waals surface area contributed by atoms with E-state index in [2.05, 4.69) is 16.8 Å². The second kappa shape index (κ2) is 5.10. The Morgan fingerprint density at radius 1 is 1.57 bits per heavy atom. The van der Waals surface area contributed by atoms with Gasteiger partial charge >= 0.3 is 0 Å². The van der Waals surface area contributed by atoms with E-state index in [1.807, 2.05) is 14.0 Å². The standard InChI is InChI=1S/C10H16N2OS/c1-4-5-6-12(3)10-11-8(2)9(7-13)14-10/h7H,4-6H2,1-3H3. The highest BCUT2D eigenvalue weighted by molar-refractivity contribution is 7.17. The molecule has 78 valence electrons. The first-order valence-corrected chi connectivity index (χ1v) is 5.64. The zero-order valence-corrected chi connectivity index (χ0v) is 9.73. The maximum atomic E-state index is 10.6. The van der Waals surface area contributed by atoms with Crippen molar-refractivity contribution in [2.75, 3.05) is 18.5 Å². The minimum Gasteiger partial charge on any atom is -0.351 e. The van der Waals surface area contributed by atoms with E-state index in [4.69, 9.17) is 0 Å². The lowest BCUT2D eigenvalue weighted by Gasteiger charge is -2.14. The van der Waals surface area contributed by atoms with Crippen LogP contribution in [0.2, 0.25) is 0 Å². The van der Waals surface area contributed by atoms with Crippen molar-refractivity contribution in [1.29, 1.82) is 0 Å². The molecule has 0 saturated heterocycles. The van der Waals surface area contributed by atoms with Gasteiger partial charge in [-0.15, -0.1) is 0 Å². The van der Waals surface area contributed by atoms with Gasteiger partial charge in [0.05, 0.1) is 10.6 Å². The molecule has 0 aliphatic heterocycles. The highest BCUT2D eigenvalue weighted by Crippen LogP contribution is 2.23. The van der Waals surface area contributed by atoms with Gasteiger partial charge in [0, 0.05) is 13.6 Å². The molecule has 0 spiro atoms. The van der Waals surface area contributed by atoms with Gasteiger partial charge in [-0.3, -0.25) is 4.79 Å². The Labute approximate surface area is 88.8 Å². The van der Waals surface area contributed by atoms with Crippen LogP contribution in [0.4, 0.5) is 5.13 Å². The average molecular weight is 212 g/mol. The number of unbranched alkanes of at least 4 members (excludes halogenated alkanes) is 1. The Morgan fingerprint density at radius 3 is 2.79 bits per heavy atom. The molecule has 14 heavy (non-hydrogen) atoms. The number of aryl methyl sites for hydroxylation is 1. The third-order valence-corrected chi connectivity index (χ3v) is 3.30. The van der Waals surface area contributed by atoms with Crippen LogP contribution in [0.25, 0.3) is 0 Å². The molecule has 1 aromatic heterocycles. The summed E-state index contributed by atoms with van der Waals surface area (Å²) in [5.74, 6) is 0. The summed E-state index contributed by atoms with van der Waals surface area (Å²) in [5, 5.41) is 0.943. The molecule has 0 fully saturated rings. The Kier molecular flexibility index (Phi) is 4.07. The first kappa shape index (κ1) is 11.2. The number of thiazole rings is 1. The zero-order chi connectivity index (χ0) is 10.6. The minimum absolute atomic E-state index is 0.739. The molecule has 0 bridgehead atoms. The van der Waals surface area contributed by atoms with E-state index in [9.17, 15) is 4.79 Å². The molecule has 0 N–H and O–H groups in total. The topological polar surface area (TPSA) is 33.2 Å². The van der Waals surface area contributed by atoms with Crippen LogP contribution in [0.3, 0.4) is 0 Å². The predicted molar refractivity (Wildman–Crippen MR) is 60.4 cm³/mol. The number of hydrogen-bond acceptors (Lipinski definition) is 4. The lowest BCUT2D eigenvalue weighted by atomic mass is 10.3. The first-order valence-electron chi connectivity index (χ1n) is 4.82. The summed E-state index contributed by atoms with van der Waals surface area (Å²) in [6, 6.07) is 0. The van der Waals surface area contributed by atoms with Crippen LogP contribution in [0.1, 0.15) is 35.1 Å². The number of anilines is 1. The molecule has 0 aliphatic carbocycles. The minimum atomic E-state index is 0.739. The van der Waals surface area contributed by atoms with Crippen molar-refractivity contribution < 1.29 is 4.79 Å². The van der Waals surface area contributed by atoms with Gasteiger partial charge in [-0.05, 0) is 13.3 Å². The fraction of sp³-hybridized carbons (Fsp3) is 0.600. The fourth-order valence-corrected chi connectivity index (χ4v) is 2.02. The van der Waals surface area contributed by atoms with E-state index < -0.39 is 0 Å². The molecule has 0 amide bonds. The maximum Gasteiger partial charge on any atom is 0.185 e. The molecule has 1 heterocycles. The van der Waals surface area contributed by atoms with Crippen LogP contribution >= 0.6 is 11.3 Å². The van der Waals surface area contributed by atoms with Crippen molar-refractivity contribution in [3.05, 3.63) is 10.6 Å². The molecule has 0 radical (unpaired) electrons. The van der Waals surface area contributed by atoms with E-state index in [0.29, 0.717) is 0 Å². The number of hydrogen-bond donors (Lipinski definition) is 0. The van der Waals surface area contributed by atoms with E-state index in [1.54, 1.807) is 0 Å². The van der Waals surface area contributed by atoms with Crippen LogP contribution in [-0.2, 0) is 0 Å². The summed E-state index contributed by atoms with van der Waals surface area (Å²) in [6.07, 6.45) is 3.21. The number of carbonyl (C=O) groups excluding carboxylic acids is 1. The second-order valence-electron chi connectivity index (χ2n) is 3.34. The van der Waals surface area contributed by atoms with Gasteiger partial charge < -0.3 is 4.90 Å². The molecule has 4 heteroatoms. The van der Waals surface area contributed by atoms with Gasteiger partial charge in [-0.1, -0.05) is 24.7 Å². The summed E-state index contributed by atoms with van der Waals surface area (Å²) >= 11 is 1.46. The third-order valence-electron chi connectivity index (χ3n) is 2.10. The number of nitrogens with zero attached hydrogens (tertiary/aromatic N) is 2.